The number of hydrogen-bond donors (Lipinski definition) is 1. The highest BCUT2D eigenvalue weighted by molar-refractivity contribution is 5.92. The zero-order valence-corrected chi connectivity index (χ0v) is 6.29. The Morgan fingerprint density at radius 1 is 1.75 bits per heavy atom. The van der Waals surface area contributed by atoms with Crippen LogP contribution in [0, 0.1) is 0 Å². The predicted molar refractivity (Wildman–Crippen MR) is 36.7 cm³/mol. The normalized spacial score (nSPS) is 10.7. The Morgan fingerprint density at radius 3 is 2.67 bits per heavy atom. The van der Waals surface area contributed by atoms with Crippen molar-refractivity contribution in [1.82, 2.24) is 9.78 Å². The molecular formula is C6H7F2N3O. The fraction of sp³-hybridized carbons (Fsp3) is 0.333. The third-order valence-corrected chi connectivity index (χ3v) is 1.33. The molecule has 1 aromatic heterocycles. The van der Waals surface area contributed by atoms with E-state index >= 15 is 0 Å². The van der Waals surface area contributed by atoms with Gasteiger partial charge < -0.3 is 5.73 Å². The quantitative estimate of drug-likeness (QED) is 0.709. The van der Waals surface area contributed by atoms with Crippen LogP contribution >= 0.6 is 0 Å². The summed E-state index contributed by atoms with van der Waals surface area (Å²) >= 11 is 0. The maximum Gasteiger partial charge on any atom is 0.269 e. The van der Waals surface area contributed by atoms with Crippen molar-refractivity contribution in [2.75, 3.05) is 0 Å². The molecule has 1 amide bonds. The zero-order valence-electron chi connectivity index (χ0n) is 6.29. The topological polar surface area (TPSA) is 60.9 Å². The van der Waals surface area contributed by atoms with Crippen LogP contribution < -0.4 is 5.73 Å². The van der Waals surface area contributed by atoms with Crippen LogP contribution in [0.4, 0.5) is 8.78 Å². The van der Waals surface area contributed by atoms with Gasteiger partial charge in [0.1, 0.15) is 0 Å². The largest absolute Gasteiger partial charge is 0.364 e. The van der Waals surface area contributed by atoms with Crippen molar-refractivity contribution in [3.8, 4) is 0 Å². The highest BCUT2D eigenvalue weighted by Gasteiger charge is 2.20. The van der Waals surface area contributed by atoms with E-state index in [0.717, 1.165) is 10.9 Å². The van der Waals surface area contributed by atoms with E-state index in [2.05, 4.69) is 5.10 Å². The molecule has 0 bridgehead atoms. The molecule has 0 aliphatic heterocycles. The smallest absolute Gasteiger partial charge is 0.269 e. The van der Waals surface area contributed by atoms with Gasteiger partial charge in [0.15, 0.2) is 5.69 Å². The molecule has 1 aromatic rings. The van der Waals surface area contributed by atoms with Gasteiger partial charge in [0.05, 0.1) is 5.56 Å². The number of hydrogen-bond acceptors (Lipinski definition) is 2. The van der Waals surface area contributed by atoms with Crippen LogP contribution in [0.1, 0.15) is 22.5 Å². The Kier molecular flexibility index (Phi) is 2.07. The molecule has 0 atom stereocenters. The number of nitrogens with two attached hydrogens (primary N) is 1. The van der Waals surface area contributed by atoms with Crippen molar-refractivity contribution < 1.29 is 13.6 Å². The van der Waals surface area contributed by atoms with Crippen molar-refractivity contribution in [1.29, 1.82) is 0 Å². The highest BCUT2D eigenvalue weighted by Crippen LogP contribution is 2.20. The summed E-state index contributed by atoms with van der Waals surface area (Å²) in [6.45, 7) is 0. The van der Waals surface area contributed by atoms with Crippen LogP contribution in [0.15, 0.2) is 6.20 Å². The van der Waals surface area contributed by atoms with Crippen LogP contribution in [-0.2, 0) is 7.05 Å². The second kappa shape index (κ2) is 2.88. The second-order valence-corrected chi connectivity index (χ2v) is 2.27. The van der Waals surface area contributed by atoms with E-state index in [1.165, 1.54) is 7.05 Å². The van der Waals surface area contributed by atoms with E-state index in [9.17, 15) is 13.6 Å². The molecule has 0 aliphatic carbocycles. The Bertz CT molecular complexity index is 308. The minimum absolute atomic E-state index is 0.368. The molecule has 6 heteroatoms. The molecule has 0 radical (unpaired) electrons. The van der Waals surface area contributed by atoms with Crippen molar-refractivity contribution in [3.05, 3.63) is 17.5 Å². The summed E-state index contributed by atoms with van der Waals surface area (Å²) in [7, 11) is 1.44. The monoisotopic (exact) mass is 175 g/mol. The van der Waals surface area contributed by atoms with Crippen LogP contribution in [0.25, 0.3) is 0 Å². The fourth-order valence-electron chi connectivity index (χ4n) is 0.858. The third kappa shape index (κ3) is 1.41. The molecule has 66 valence electrons. The number of primary amides is 1. The Hall–Kier alpha value is -1.46. The number of halogens is 2. The van der Waals surface area contributed by atoms with Crippen LogP contribution in [0.3, 0.4) is 0 Å². The lowest BCUT2D eigenvalue weighted by molar-refractivity contribution is 0.0981. The van der Waals surface area contributed by atoms with Gasteiger partial charge in [0.2, 0.25) is 0 Å². The Labute approximate surface area is 67.0 Å². The second-order valence-electron chi connectivity index (χ2n) is 2.27. The Morgan fingerprint density at radius 2 is 2.33 bits per heavy atom. The summed E-state index contributed by atoms with van der Waals surface area (Å²) in [5.74, 6) is -0.939. The summed E-state index contributed by atoms with van der Waals surface area (Å²) in [6, 6.07) is 0. The van der Waals surface area contributed by atoms with Gasteiger partial charge in [-0.05, 0) is 0 Å². The van der Waals surface area contributed by atoms with Crippen molar-refractivity contribution >= 4 is 5.91 Å². The number of nitrogens with zero attached hydrogens (tertiary/aromatic N) is 2. The first-order valence-electron chi connectivity index (χ1n) is 3.14. The number of aromatic nitrogens is 2. The molecule has 1 rings (SSSR count). The molecule has 0 aliphatic rings. The number of amides is 1. The summed E-state index contributed by atoms with van der Waals surface area (Å²) < 4.78 is 25.4. The lowest BCUT2D eigenvalue weighted by atomic mass is 10.2. The minimum atomic E-state index is -2.72. The van der Waals surface area contributed by atoms with Crippen molar-refractivity contribution in [3.63, 3.8) is 0 Å². The molecule has 0 unspecified atom stereocenters. The van der Waals surface area contributed by atoms with E-state index in [0.29, 0.717) is 0 Å². The maximum atomic E-state index is 12.1. The Balaban J connectivity index is 3.17. The van der Waals surface area contributed by atoms with E-state index in [1.807, 2.05) is 0 Å². The van der Waals surface area contributed by atoms with E-state index < -0.39 is 17.9 Å². The fourth-order valence-corrected chi connectivity index (χ4v) is 0.858. The van der Waals surface area contributed by atoms with Gasteiger partial charge in [-0.3, -0.25) is 9.48 Å². The molecule has 12 heavy (non-hydrogen) atoms. The summed E-state index contributed by atoms with van der Waals surface area (Å²) in [6.07, 6.45) is -1.65. The van der Waals surface area contributed by atoms with Gasteiger partial charge in [-0.2, -0.15) is 5.10 Å². The molecule has 0 saturated heterocycles. The standard InChI is InChI=1S/C6H7F2N3O/c1-11-2-3(5(7)8)4(10-11)6(9)12/h2,5H,1H3,(H2,9,12). The van der Waals surface area contributed by atoms with Gasteiger partial charge >= 0.3 is 0 Å². The molecule has 0 fully saturated rings. The average molecular weight is 175 g/mol. The first-order valence-corrected chi connectivity index (χ1v) is 3.14. The van der Waals surface area contributed by atoms with Crippen LogP contribution in [0.2, 0.25) is 0 Å². The number of carbonyl (C=O) groups is 1. The van der Waals surface area contributed by atoms with Crippen LogP contribution in [0.5, 0.6) is 0 Å². The van der Waals surface area contributed by atoms with Gasteiger partial charge in [-0.15, -0.1) is 0 Å². The predicted octanol–water partition coefficient (Wildman–Crippen LogP) is 0.457. The molecule has 0 aromatic carbocycles. The van der Waals surface area contributed by atoms with E-state index in [-0.39, 0.29) is 5.69 Å². The number of rotatable bonds is 2. The summed E-state index contributed by atoms with van der Waals surface area (Å²) in [5.41, 5.74) is 4.02. The van der Waals surface area contributed by atoms with Crippen molar-refractivity contribution in [2.45, 2.75) is 6.43 Å². The molecule has 1 heterocycles. The zero-order chi connectivity index (χ0) is 9.30. The maximum absolute atomic E-state index is 12.1. The van der Waals surface area contributed by atoms with Gasteiger partial charge in [0.25, 0.3) is 12.3 Å². The van der Waals surface area contributed by atoms with Gasteiger partial charge in [-0.25, -0.2) is 8.78 Å². The SMILES string of the molecule is Cn1cc(C(F)F)c(C(N)=O)n1. The lowest BCUT2D eigenvalue weighted by Crippen LogP contribution is -2.14. The van der Waals surface area contributed by atoms with E-state index in [4.69, 9.17) is 5.73 Å². The minimum Gasteiger partial charge on any atom is -0.364 e. The van der Waals surface area contributed by atoms with Gasteiger partial charge in [-0.1, -0.05) is 0 Å². The highest BCUT2D eigenvalue weighted by atomic mass is 19.3. The third-order valence-electron chi connectivity index (χ3n) is 1.33. The summed E-state index contributed by atoms with van der Waals surface area (Å²) in [4.78, 5) is 10.6. The average Bonchev–Trinajstić information content (AvgIpc) is 2.31. The number of aryl methyl sites for hydroxylation is 1. The van der Waals surface area contributed by atoms with E-state index in [1.54, 1.807) is 0 Å². The first-order chi connectivity index (χ1) is 5.52. The molecule has 4 nitrogen and oxygen atoms in total. The molecule has 0 spiro atoms. The number of carbonyl (C=O) groups excluding carboxylic acids is 1. The first kappa shape index (κ1) is 8.63. The van der Waals surface area contributed by atoms with Gasteiger partial charge in [0, 0.05) is 13.2 Å². The molecular weight excluding hydrogens is 168 g/mol. The molecule has 2 N–H and O–H groups in total. The van der Waals surface area contributed by atoms with Crippen LogP contribution in [-0.4, -0.2) is 15.7 Å². The lowest BCUT2D eigenvalue weighted by Gasteiger charge is -1.94. The molecule has 0 saturated carbocycles. The number of alkyl halides is 2. The summed E-state index contributed by atoms with van der Waals surface area (Å²) in [5, 5.41) is 3.49. The van der Waals surface area contributed by atoms with Crippen molar-refractivity contribution in [2.24, 2.45) is 12.8 Å².